The predicted octanol–water partition coefficient (Wildman–Crippen LogP) is 3.33. The van der Waals surface area contributed by atoms with Gasteiger partial charge in [0.15, 0.2) is 11.3 Å². The van der Waals surface area contributed by atoms with Gasteiger partial charge >= 0.3 is 0 Å². The number of amides is 1. The Morgan fingerprint density at radius 3 is 2.73 bits per heavy atom. The van der Waals surface area contributed by atoms with Crippen molar-refractivity contribution in [1.82, 2.24) is 0 Å². The Kier molecular flexibility index (Phi) is 5.56. The molecule has 0 heterocycles. The highest BCUT2D eigenvalue weighted by molar-refractivity contribution is 5.97. The number of carbonyl (C=O) groups is 1. The number of hydrogen-bond acceptors (Lipinski definition) is 4. The van der Waals surface area contributed by atoms with Crippen LogP contribution in [0.2, 0.25) is 0 Å². The van der Waals surface area contributed by atoms with E-state index >= 15 is 0 Å². The van der Waals surface area contributed by atoms with Crippen LogP contribution in [0.15, 0.2) is 36.4 Å². The molecule has 0 bridgehead atoms. The van der Waals surface area contributed by atoms with E-state index < -0.39 is 23.9 Å². The van der Waals surface area contributed by atoms with Gasteiger partial charge < -0.3 is 15.2 Å². The van der Waals surface area contributed by atoms with Gasteiger partial charge in [-0.1, -0.05) is 6.07 Å². The maximum Gasteiger partial charge on any atom is 0.259 e. The lowest BCUT2D eigenvalue weighted by atomic mass is 10.1. The van der Waals surface area contributed by atoms with Crippen LogP contribution in [-0.4, -0.2) is 23.2 Å². The van der Waals surface area contributed by atoms with E-state index in [0.29, 0.717) is 16.9 Å². The molecule has 0 aromatic heterocycles. The molecule has 1 unspecified atom stereocenters. The van der Waals surface area contributed by atoms with Crippen molar-refractivity contribution in [2.24, 2.45) is 0 Å². The Balaban J connectivity index is 2.04. The fourth-order valence-corrected chi connectivity index (χ4v) is 2.09. The zero-order chi connectivity index (χ0) is 19.3. The summed E-state index contributed by atoms with van der Waals surface area (Å²) in [6, 6.07) is 10.1. The molecule has 2 N–H and O–H groups in total. The van der Waals surface area contributed by atoms with Gasteiger partial charge in [-0.2, -0.15) is 5.26 Å². The number of benzene rings is 2. The van der Waals surface area contributed by atoms with E-state index in [1.54, 1.807) is 31.2 Å². The number of aliphatic hydroxyl groups is 1. The molecule has 0 aliphatic heterocycles. The van der Waals surface area contributed by atoms with E-state index in [0.717, 1.165) is 6.07 Å². The third-order valence-corrected chi connectivity index (χ3v) is 3.65. The summed E-state index contributed by atoms with van der Waals surface area (Å²) >= 11 is 0. The summed E-state index contributed by atoms with van der Waals surface area (Å²) < 4.78 is 18.8. The molecule has 1 atom stereocenters. The lowest BCUT2D eigenvalue weighted by Gasteiger charge is -2.23. The van der Waals surface area contributed by atoms with Crippen molar-refractivity contribution >= 4 is 17.3 Å². The molecule has 0 saturated heterocycles. The molecule has 2 aromatic carbocycles. The highest BCUT2D eigenvalue weighted by Crippen LogP contribution is 2.23. The average Bonchev–Trinajstić information content (AvgIpc) is 2.60. The van der Waals surface area contributed by atoms with E-state index in [1.807, 2.05) is 0 Å². The normalized spacial score (nSPS) is 12.4. The molecule has 1 amide bonds. The second-order valence-electron chi connectivity index (χ2n) is 5.88. The fraction of sp³-hybridized carbons (Fsp3) is 0.211. The van der Waals surface area contributed by atoms with Gasteiger partial charge in [0, 0.05) is 11.8 Å². The Bertz CT molecular complexity index is 927. The molecule has 26 heavy (non-hydrogen) atoms. The molecule has 0 saturated carbocycles. The van der Waals surface area contributed by atoms with Crippen molar-refractivity contribution in [1.29, 1.82) is 5.26 Å². The summed E-state index contributed by atoms with van der Waals surface area (Å²) in [4.78, 5) is 15.6. The highest BCUT2D eigenvalue weighted by Gasteiger charge is 2.31. The van der Waals surface area contributed by atoms with Crippen molar-refractivity contribution in [2.75, 3.05) is 11.9 Å². The number of ether oxygens (including phenoxy) is 1. The fourth-order valence-electron chi connectivity index (χ4n) is 2.09. The van der Waals surface area contributed by atoms with Crippen LogP contribution in [0.25, 0.3) is 4.85 Å². The molecule has 6 nitrogen and oxygen atoms in total. The third-order valence-electron chi connectivity index (χ3n) is 3.65. The topological polar surface area (TPSA) is 86.7 Å². The van der Waals surface area contributed by atoms with Gasteiger partial charge in [0.05, 0.1) is 12.1 Å². The molecule has 0 aliphatic carbocycles. The molecule has 132 valence electrons. The zero-order valence-corrected chi connectivity index (χ0v) is 14.2. The molecule has 7 heteroatoms. The summed E-state index contributed by atoms with van der Waals surface area (Å²) in [6.07, 6.45) is 0. The van der Waals surface area contributed by atoms with E-state index in [1.165, 1.54) is 19.1 Å². The van der Waals surface area contributed by atoms with Crippen LogP contribution in [0.5, 0.6) is 5.75 Å². The summed E-state index contributed by atoms with van der Waals surface area (Å²) in [7, 11) is 0. The number of aryl methyl sites for hydroxylation is 1. The first-order chi connectivity index (χ1) is 12.3. The van der Waals surface area contributed by atoms with Crippen LogP contribution >= 0.6 is 0 Å². The number of nitriles is 1. The summed E-state index contributed by atoms with van der Waals surface area (Å²) in [6.45, 7) is 9.60. The van der Waals surface area contributed by atoms with Gasteiger partial charge in [-0.3, -0.25) is 4.79 Å². The van der Waals surface area contributed by atoms with Crippen molar-refractivity contribution in [3.05, 3.63) is 64.8 Å². The molecular weight excluding hydrogens is 337 g/mol. The van der Waals surface area contributed by atoms with Crippen LogP contribution in [-0.2, 0) is 4.79 Å². The van der Waals surface area contributed by atoms with E-state index in [4.69, 9.17) is 16.6 Å². The number of nitrogens with zero attached hydrogens (tertiary/aromatic N) is 2. The van der Waals surface area contributed by atoms with Gasteiger partial charge in [0.1, 0.15) is 24.2 Å². The minimum atomic E-state index is -1.88. The van der Waals surface area contributed by atoms with Gasteiger partial charge in [-0.25, -0.2) is 9.24 Å². The SMILES string of the molecule is [C-]#[N+]c1ccc(NC(=O)C(C)(O)COc2ccc(C#N)c(F)c2)cc1C. The average molecular weight is 353 g/mol. The summed E-state index contributed by atoms with van der Waals surface area (Å²) in [5.41, 5.74) is -0.399. The van der Waals surface area contributed by atoms with Crippen molar-refractivity contribution in [3.63, 3.8) is 0 Å². The number of halogens is 1. The number of anilines is 1. The quantitative estimate of drug-likeness (QED) is 0.807. The summed E-state index contributed by atoms with van der Waals surface area (Å²) in [5, 5.41) is 21.6. The first kappa shape index (κ1) is 18.9. The summed E-state index contributed by atoms with van der Waals surface area (Å²) in [5.74, 6) is -1.36. The Hall–Kier alpha value is -3.42. The zero-order valence-electron chi connectivity index (χ0n) is 14.2. The highest BCUT2D eigenvalue weighted by atomic mass is 19.1. The largest absolute Gasteiger partial charge is 0.490 e. The molecule has 2 rings (SSSR count). The monoisotopic (exact) mass is 353 g/mol. The standard InChI is InChI=1S/C19H16FN3O3/c1-12-8-14(5-7-17(12)22-3)23-18(24)19(2,25)11-26-15-6-4-13(10-21)16(20)9-15/h4-9,25H,11H2,1-2H3,(H,23,24). The maximum atomic E-state index is 13.6. The number of carbonyl (C=O) groups excluding carboxylic acids is 1. The molecule has 0 radical (unpaired) electrons. The second kappa shape index (κ2) is 7.64. The van der Waals surface area contributed by atoms with Crippen molar-refractivity contribution < 1.29 is 19.0 Å². The maximum absolute atomic E-state index is 13.6. The van der Waals surface area contributed by atoms with Gasteiger partial charge in [-0.15, -0.1) is 0 Å². The van der Waals surface area contributed by atoms with E-state index in [2.05, 4.69) is 10.2 Å². The molecule has 2 aromatic rings. The minimum absolute atomic E-state index is 0.0897. The number of nitrogens with one attached hydrogen (secondary N) is 1. The number of hydrogen-bond donors (Lipinski definition) is 2. The third kappa shape index (κ3) is 4.35. The van der Waals surface area contributed by atoms with Crippen LogP contribution in [0, 0.1) is 30.6 Å². The lowest BCUT2D eigenvalue weighted by molar-refractivity contribution is -0.135. The van der Waals surface area contributed by atoms with Crippen molar-refractivity contribution in [3.8, 4) is 11.8 Å². The van der Waals surface area contributed by atoms with Gasteiger partial charge in [0.25, 0.3) is 5.91 Å². The van der Waals surface area contributed by atoms with E-state index in [-0.39, 0.29) is 11.3 Å². The van der Waals surface area contributed by atoms with Crippen LogP contribution in [0.3, 0.4) is 0 Å². The Labute approximate surface area is 150 Å². The molecule has 0 fully saturated rings. The Morgan fingerprint density at radius 1 is 1.42 bits per heavy atom. The van der Waals surface area contributed by atoms with Gasteiger partial charge in [-0.05, 0) is 43.7 Å². The number of rotatable bonds is 5. The van der Waals surface area contributed by atoms with E-state index in [9.17, 15) is 14.3 Å². The second-order valence-corrected chi connectivity index (χ2v) is 5.88. The predicted molar refractivity (Wildman–Crippen MR) is 93.3 cm³/mol. The molecular formula is C19H16FN3O3. The smallest absolute Gasteiger partial charge is 0.259 e. The lowest BCUT2D eigenvalue weighted by Crippen LogP contribution is -2.45. The van der Waals surface area contributed by atoms with Crippen LogP contribution in [0.4, 0.5) is 15.8 Å². The van der Waals surface area contributed by atoms with Crippen LogP contribution in [0.1, 0.15) is 18.1 Å². The minimum Gasteiger partial charge on any atom is -0.490 e. The molecule has 0 spiro atoms. The van der Waals surface area contributed by atoms with Gasteiger partial charge in [0.2, 0.25) is 0 Å². The van der Waals surface area contributed by atoms with Crippen LogP contribution < -0.4 is 10.1 Å². The van der Waals surface area contributed by atoms with Crippen molar-refractivity contribution in [2.45, 2.75) is 19.4 Å². The molecule has 0 aliphatic rings. The first-order valence-corrected chi connectivity index (χ1v) is 7.61. The Morgan fingerprint density at radius 2 is 2.15 bits per heavy atom. The first-order valence-electron chi connectivity index (χ1n) is 7.61.